The molecule has 0 heterocycles. The van der Waals surface area contributed by atoms with E-state index in [2.05, 4.69) is 11.8 Å². The van der Waals surface area contributed by atoms with Gasteiger partial charge in [-0.3, -0.25) is 9.59 Å². The molecule has 0 aromatic rings. The van der Waals surface area contributed by atoms with Crippen molar-refractivity contribution in [1.29, 1.82) is 0 Å². The Morgan fingerprint density at radius 2 is 1.40 bits per heavy atom. The van der Waals surface area contributed by atoms with Crippen molar-refractivity contribution < 1.29 is 36.1 Å². The summed E-state index contributed by atoms with van der Waals surface area (Å²) in [5.41, 5.74) is 0. The topological polar surface area (TPSA) is 52.6 Å². The van der Waals surface area contributed by atoms with Crippen molar-refractivity contribution in [3.05, 3.63) is 75.4 Å². The molecule has 4 nitrogen and oxygen atoms in total. The molecule has 2 aliphatic carbocycles. The SMILES string of the molecule is O=C(OCCC#C/C=C\CCOC(=O)[C]1[CH][CH][CH][CH]1)[C]1[CH][CH][CH][CH]1.[Fe+2]. The van der Waals surface area contributed by atoms with Crippen molar-refractivity contribution >= 4 is 11.9 Å². The second-order valence-electron chi connectivity index (χ2n) is 4.88. The van der Waals surface area contributed by atoms with E-state index >= 15 is 0 Å². The van der Waals surface area contributed by atoms with Crippen molar-refractivity contribution in [2.45, 2.75) is 12.8 Å². The maximum Gasteiger partial charge on any atom is 2.00 e. The third kappa shape index (κ3) is 8.61. The molecule has 0 aromatic carbocycles. The minimum absolute atomic E-state index is 0. The molecule has 10 radical (unpaired) electrons. The zero-order chi connectivity index (χ0) is 17.0. The molecule has 0 amide bonds. The zero-order valence-electron chi connectivity index (χ0n) is 13.6. The predicted molar refractivity (Wildman–Crippen MR) is 89.0 cm³/mol. The molecular formula is C20H18FeO4+2. The maximum atomic E-state index is 11.5. The van der Waals surface area contributed by atoms with Crippen molar-refractivity contribution in [2.24, 2.45) is 0 Å². The molecule has 0 N–H and O–H groups in total. The first-order valence-electron chi connectivity index (χ1n) is 7.68. The van der Waals surface area contributed by atoms with Gasteiger partial charge in [0.2, 0.25) is 0 Å². The van der Waals surface area contributed by atoms with Crippen molar-refractivity contribution in [1.82, 2.24) is 0 Å². The molecule has 2 aliphatic rings. The summed E-state index contributed by atoms with van der Waals surface area (Å²) in [6.45, 7) is 0.585. The number of hydrogen-bond acceptors (Lipinski definition) is 4. The van der Waals surface area contributed by atoms with Gasteiger partial charge in [0.05, 0.1) is 18.4 Å². The van der Waals surface area contributed by atoms with Gasteiger partial charge in [0.15, 0.2) is 0 Å². The second-order valence-corrected chi connectivity index (χ2v) is 4.88. The number of esters is 2. The van der Waals surface area contributed by atoms with Crippen LogP contribution in [0.25, 0.3) is 0 Å². The fraction of sp³-hybridized carbons (Fsp3) is 0.200. The molecule has 5 heteroatoms. The number of carbonyl (C=O) groups excluding carboxylic acids is 2. The van der Waals surface area contributed by atoms with E-state index in [4.69, 9.17) is 9.47 Å². The first-order valence-corrected chi connectivity index (χ1v) is 7.68. The van der Waals surface area contributed by atoms with Crippen molar-refractivity contribution in [2.75, 3.05) is 13.2 Å². The van der Waals surface area contributed by atoms with Crippen LogP contribution in [0.15, 0.2) is 12.2 Å². The summed E-state index contributed by atoms with van der Waals surface area (Å²) < 4.78 is 10.2. The fourth-order valence-electron chi connectivity index (χ4n) is 1.87. The largest absolute Gasteiger partial charge is 2.00 e. The summed E-state index contributed by atoms with van der Waals surface area (Å²) in [7, 11) is 0. The minimum atomic E-state index is -0.330. The van der Waals surface area contributed by atoms with Gasteiger partial charge < -0.3 is 9.47 Å². The number of rotatable bonds is 7. The molecule has 0 spiro atoms. The van der Waals surface area contributed by atoms with Gasteiger partial charge in [0.25, 0.3) is 0 Å². The van der Waals surface area contributed by atoms with Crippen LogP contribution in [0, 0.1) is 75.0 Å². The first-order chi connectivity index (χ1) is 11.8. The Morgan fingerprint density at radius 1 is 0.880 bits per heavy atom. The van der Waals surface area contributed by atoms with Crippen LogP contribution in [0.2, 0.25) is 0 Å². The van der Waals surface area contributed by atoms with Gasteiger partial charge in [0.1, 0.15) is 6.61 Å². The van der Waals surface area contributed by atoms with E-state index in [0.29, 0.717) is 31.3 Å². The Kier molecular flexibility index (Phi) is 11.4. The number of carbonyl (C=O) groups is 2. The number of allylic oxidation sites excluding steroid dienone is 1. The zero-order valence-corrected chi connectivity index (χ0v) is 14.7. The molecule has 128 valence electrons. The van der Waals surface area contributed by atoms with Crippen molar-refractivity contribution in [3.8, 4) is 11.8 Å². The normalized spacial score (nSPS) is 17.8. The van der Waals surface area contributed by atoms with Crippen LogP contribution in [0.3, 0.4) is 0 Å². The van der Waals surface area contributed by atoms with Gasteiger partial charge in [-0.05, 0) is 57.4 Å². The van der Waals surface area contributed by atoms with Crippen molar-refractivity contribution in [3.63, 3.8) is 0 Å². The molecule has 0 saturated heterocycles. The van der Waals surface area contributed by atoms with Gasteiger partial charge in [-0.15, -0.1) is 0 Å². The van der Waals surface area contributed by atoms with E-state index in [1.165, 1.54) is 0 Å². The van der Waals surface area contributed by atoms with Crippen LogP contribution in [-0.4, -0.2) is 25.2 Å². The number of hydrogen-bond donors (Lipinski definition) is 0. The van der Waals surface area contributed by atoms with Crippen LogP contribution in [-0.2, 0) is 36.1 Å². The average Bonchev–Trinajstić information content (AvgIpc) is 3.29. The van der Waals surface area contributed by atoms with E-state index in [1.54, 1.807) is 57.4 Å². The van der Waals surface area contributed by atoms with Gasteiger partial charge in [-0.1, -0.05) is 17.9 Å². The second kappa shape index (κ2) is 13.0. The summed E-state index contributed by atoms with van der Waals surface area (Å²) in [6, 6.07) is 0. The Labute approximate surface area is 161 Å². The Hall–Kier alpha value is -1.24. The summed E-state index contributed by atoms with van der Waals surface area (Å²) >= 11 is 0. The molecule has 25 heavy (non-hydrogen) atoms. The quantitative estimate of drug-likeness (QED) is 0.295. The predicted octanol–water partition coefficient (Wildman–Crippen LogP) is 2.22. The third-order valence-corrected chi connectivity index (χ3v) is 3.08. The fourth-order valence-corrected chi connectivity index (χ4v) is 1.87. The van der Waals surface area contributed by atoms with E-state index < -0.39 is 0 Å². The van der Waals surface area contributed by atoms with E-state index in [9.17, 15) is 9.59 Å². The smallest absolute Gasteiger partial charge is 0.465 e. The standard InChI is InChI=1S/C20H18O4.Fe/c21-19(17-11-5-6-12-17)23-15-9-3-1-2-4-10-16-24-20(22)18-13-7-8-14-18;/h1,3,5-8,11-14H,9-10,15-16H2;/q;+2/b3-1-;. The van der Waals surface area contributed by atoms with E-state index in [1.807, 2.05) is 6.08 Å². The Bertz CT molecular complexity index is 492. The summed E-state index contributed by atoms with van der Waals surface area (Å²) in [5.74, 6) is 6.21. The Morgan fingerprint density at radius 3 is 1.96 bits per heavy atom. The van der Waals surface area contributed by atoms with Crippen LogP contribution >= 0.6 is 0 Å². The van der Waals surface area contributed by atoms with E-state index in [0.717, 1.165) is 0 Å². The number of ether oxygens (including phenoxy) is 2. The van der Waals surface area contributed by atoms with Gasteiger partial charge in [-0.25, -0.2) is 0 Å². The maximum absolute atomic E-state index is 11.5. The van der Waals surface area contributed by atoms with Gasteiger partial charge in [0, 0.05) is 12.8 Å². The van der Waals surface area contributed by atoms with Crippen LogP contribution < -0.4 is 0 Å². The van der Waals surface area contributed by atoms with Crippen LogP contribution in [0.5, 0.6) is 0 Å². The molecule has 0 aromatic heterocycles. The molecular weight excluding hydrogens is 360 g/mol. The molecule has 0 unspecified atom stereocenters. The average molecular weight is 378 g/mol. The Balaban J connectivity index is 0.00000312. The monoisotopic (exact) mass is 378 g/mol. The molecule has 2 rings (SSSR count). The summed E-state index contributed by atoms with van der Waals surface area (Å²) in [4.78, 5) is 23.1. The molecule has 0 atom stereocenters. The molecule has 0 bridgehead atoms. The van der Waals surface area contributed by atoms with Crippen LogP contribution in [0.4, 0.5) is 0 Å². The first kappa shape index (κ1) is 21.8. The van der Waals surface area contributed by atoms with Gasteiger partial charge >= 0.3 is 29.0 Å². The molecule has 0 aliphatic heterocycles. The minimum Gasteiger partial charge on any atom is -0.465 e. The van der Waals surface area contributed by atoms with Crippen LogP contribution in [0.1, 0.15) is 12.8 Å². The third-order valence-electron chi connectivity index (χ3n) is 3.08. The molecule has 2 saturated carbocycles. The summed E-state index contributed by atoms with van der Waals surface area (Å²) in [6.07, 6.45) is 18.6. The summed E-state index contributed by atoms with van der Waals surface area (Å²) in [5, 5.41) is 0. The molecule has 2 fully saturated rings. The van der Waals surface area contributed by atoms with E-state index in [-0.39, 0.29) is 35.6 Å². The van der Waals surface area contributed by atoms with Gasteiger partial charge in [-0.2, -0.15) is 0 Å².